The second-order valence-corrected chi connectivity index (χ2v) is 9.05. The van der Waals surface area contributed by atoms with Gasteiger partial charge in [-0.1, -0.05) is 32.6 Å². The van der Waals surface area contributed by atoms with E-state index in [1.54, 1.807) is 0 Å². The molecule has 0 bridgehead atoms. The van der Waals surface area contributed by atoms with E-state index in [1.165, 1.54) is 29.4 Å². The number of amidine groups is 1. The number of aliphatic hydroxyl groups is 1. The first kappa shape index (κ1) is 27.9. The Morgan fingerprint density at radius 2 is 1.78 bits per heavy atom. The van der Waals surface area contributed by atoms with E-state index in [0.717, 1.165) is 37.3 Å². The van der Waals surface area contributed by atoms with Crippen LogP contribution in [0.25, 0.3) is 5.57 Å². The number of ether oxygens (including phenoxy) is 1. The molecule has 0 aliphatic carbocycles. The maximum absolute atomic E-state index is 15.2. The summed E-state index contributed by atoms with van der Waals surface area (Å²) in [7, 11) is 0. The Morgan fingerprint density at radius 3 is 2.38 bits per heavy atom. The summed E-state index contributed by atoms with van der Waals surface area (Å²) in [6, 6.07) is 6.11. The third kappa shape index (κ3) is 6.02. The highest BCUT2D eigenvalue weighted by Gasteiger charge is 2.50. The van der Waals surface area contributed by atoms with Crippen LogP contribution in [0.3, 0.4) is 0 Å². The van der Waals surface area contributed by atoms with Crippen molar-refractivity contribution in [1.82, 2.24) is 5.01 Å². The highest BCUT2D eigenvalue weighted by molar-refractivity contribution is 5.82. The quantitative estimate of drug-likeness (QED) is 0.239. The van der Waals surface area contributed by atoms with E-state index in [-0.39, 0.29) is 17.0 Å². The van der Waals surface area contributed by atoms with E-state index in [9.17, 15) is 22.7 Å². The van der Waals surface area contributed by atoms with Crippen LogP contribution in [0.2, 0.25) is 0 Å². The second kappa shape index (κ2) is 10.8. The maximum Gasteiger partial charge on any atom is 0.283 e. The molecule has 3 rings (SSSR count). The fourth-order valence-electron chi connectivity index (χ4n) is 3.44. The average Bonchev–Trinajstić information content (AvgIpc) is 2.82. The van der Waals surface area contributed by atoms with E-state index in [0.29, 0.717) is 17.1 Å². The Morgan fingerprint density at radius 1 is 1.14 bits per heavy atom. The molecule has 1 unspecified atom stereocenters. The van der Waals surface area contributed by atoms with Crippen LogP contribution in [0.15, 0.2) is 72.1 Å². The van der Waals surface area contributed by atoms with Crippen LogP contribution in [0.5, 0.6) is 5.75 Å². The summed E-state index contributed by atoms with van der Waals surface area (Å²) >= 11 is 0. The number of nitrogens with zero attached hydrogens (tertiary/aromatic N) is 2. The largest absolute Gasteiger partial charge is 0.487 e. The number of halogens is 5. The normalized spacial score (nSPS) is 16.2. The number of hydrogen-bond acceptors (Lipinski definition) is 4. The van der Waals surface area contributed by atoms with Gasteiger partial charge >= 0.3 is 0 Å². The van der Waals surface area contributed by atoms with Crippen LogP contribution in [0, 0.1) is 23.4 Å². The number of hydrogen-bond donors (Lipinski definition) is 2. The molecular formula is C27H28F5N3O2. The van der Waals surface area contributed by atoms with Gasteiger partial charge in [0.2, 0.25) is 0 Å². The van der Waals surface area contributed by atoms with E-state index >= 15 is 4.39 Å². The van der Waals surface area contributed by atoms with Crippen molar-refractivity contribution in [2.24, 2.45) is 16.8 Å². The fourth-order valence-corrected chi connectivity index (χ4v) is 3.44. The molecule has 0 saturated carbocycles. The third-order valence-corrected chi connectivity index (χ3v) is 5.97. The van der Waals surface area contributed by atoms with Gasteiger partial charge in [-0.2, -0.15) is 5.10 Å². The van der Waals surface area contributed by atoms with E-state index in [2.05, 4.69) is 11.7 Å². The molecule has 37 heavy (non-hydrogen) atoms. The van der Waals surface area contributed by atoms with Crippen LogP contribution in [-0.2, 0) is 5.60 Å². The minimum Gasteiger partial charge on any atom is -0.487 e. The summed E-state index contributed by atoms with van der Waals surface area (Å²) < 4.78 is 77.5. The van der Waals surface area contributed by atoms with Crippen molar-refractivity contribution >= 4 is 11.4 Å². The lowest BCUT2D eigenvalue weighted by atomic mass is 9.87. The highest BCUT2D eigenvalue weighted by Crippen LogP contribution is 2.40. The van der Waals surface area contributed by atoms with Crippen molar-refractivity contribution in [2.75, 3.05) is 6.61 Å². The van der Waals surface area contributed by atoms with Gasteiger partial charge in [-0.3, -0.25) is 0 Å². The number of rotatable bonds is 9. The number of allylic oxidation sites excluding steroid dienone is 3. The lowest BCUT2D eigenvalue weighted by Gasteiger charge is -2.33. The topological polar surface area (TPSA) is 71.1 Å². The number of nitrogens with two attached hydrogens (primary N) is 1. The SMILES string of the molecule is C=C1C=C(c2ccc(F)c(OCCC(F)(F)C(C)(O)c3ccc(F)cc3)c2F)C=CN1/N=C(/N)C(C)C. The highest BCUT2D eigenvalue weighted by atomic mass is 19.3. The Hall–Kier alpha value is -3.66. The van der Waals surface area contributed by atoms with Crippen LogP contribution < -0.4 is 10.5 Å². The van der Waals surface area contributed by atoms with Crippen LogP contribution in [-0.4, -0.2) is 28.5 Å². The summed E-state index contributed by atoms with van der Waals surface area (Å²) in [4.78, 5) is 0. The summed E-state index contributed by atoms with van der Waals surface area (Å²) in [5, 5.41) is 16.1. The van der Waals surface area contributed by atoms with E-state index in [1.807, 2.05) is 13.8 Å². The zero-order chi connectivity index (χ0) is 27.5. The number of benzene rings is 2. The van der Waals surface area contributed by atoms with E-state index < -0.39 is 47.8 Å². The molecule has 0 amide bonds. The fraction of sp³-hybridized carbons (Fsp3) is 0.296. The molecule has 0 saturated heterocycles. The van der Waals surface area contributed by atoms with Crippen molar-refractivity contribution < 1.29 is 31.8 Å². The molecule has 3 N–H and O–H groups in total. The molecule has 2 aromatic rings. The first-order valence-electron chi connectivity index (χ1n) is 11.4. The molecular weight excluding hydrogens is 493 g/mol. The van der Waals surface area contributed by atoms with Gasteiger partial charge in [0, 0.05) is 24.1 Å². The molecule has 5 nitrogen and oxygen atoms in total. The Balaban J connectivity index is 1.76. The molecule has 1 aliphatic rings. The first-order chi connectivity index (χ1) is 17.2. The lowest BCUT2D eigenvalue weighted by molar-refractivity contribution is -0.184. The van der Waals surface area contributed by atoms with Gasteiger partial charge in [0.25, 0.3) is 5.92 Å². The predicted octanol–water partition coefficient (Wildman–Crippen LogP) is 6.07. The van der Waals surface area contributed by atoms with Gasteiger partial charge in [-0.15, -0.1) is 0 Å². The standard InChI is InChI=1S/C27H28F5N3O2/c1-16(2)25(33)34-35-13-11-18(15-17(35)3)21-9-10-22(29)24(23(21)30)37-14-12-27(31,32)26(4,36)19-5-7-20(28)8-6-19/h5-11,13,15-16,36H,3,12,14H2,1-2,4H3,(H2,33,34). The molecule has 0 aromatic heterocycles. The second-order valence-electron chi connectivity index (χ2n) is 9.05. The van der Waals surface area contributed by atoms with Crippen LogP contribution in [0.1, 0.15) is 38.3 Å². The van der Waals surface area contributed by atoms with Gasteiger partial charge in [0.05, 0.1) is 12.3 Å². The lowest BCUT2D eigenvalue weighted by Crippen LogP contribution is -2.43. The Labute approximate surface area is 212 Å². The molecule has 2 aromatic carbocycles. The smallest absolute Gasteiger partial charge is 0.283 e. The molecule has 1 atom stereocenters. The Bertz CT molecular complexity index is 1250. The molecule has 10 heteroatoms. The predicted molar refractivity (Wildman–Crippen MR) is 132 cm³/mol. The third-order valence-electron chi connectivity index (χ3n) is 5.97. The molecule has 0 radical (unpaired) electrons. The van der Waals surface area contributed by atoms with Crippen molar-refractivity contribution in [1.29, 1.82) is 0 Å². The van der Waals surface area contributed by atoms with Gasteiger partial charge in [-0.05, 0) is 54.5 Å². The van der Waals surface area contributed by atoms with Crippen LogP contribution in [0.4, 0.5) is 22.0 Å². The van der Waals surface area contributed by atoms with Crippen molar-refractivity contribution in [3.05, 3.63) is 95.6 Å². The minimum atomic E-state index is -3.76. The average molecular weight is 522 g/mol. The first-order valence-corrected chi connectivity index (χ1v) is 11.4. The minimum absolute atomic E-state index is 0.00686. The van der Waals surface area contributed by atoms with Gasteiger partial charge in [-0.25, -0.2) is 27.0 Å². The zero-order valence-corrected chi connectivity index (χ0v) is 20.6. The summed E-state index contributed by atoms with van der Waals surface area (Å²) in [5.41, 5.74) is 3.63. The van der Waals surface area contributed by atoms with Gasteiger partial charge in [0.15, 0.2) is 23.0 Å². The van der Waals surface area contributed by atoms with Gasteiger partial charge < -0.3 is 15.6 Å². The van der Waals surface area contributed by atoms with Crippen molar-refractivity contribution in [3.63, 3.8) is 0 Å². The molecule has 198 valence electrons. The summed E-state index contributed by atoms with van der Waals surface area (Å²) in [6.07, 6.45) is 3.46. The van der Waals surface area contributed by atoms with Crippen molar-refractivity contribution in [3.8, 4) is 5.75 Å². The number of hydrazone groups is 1. The monoisotopic (exact) mass is 521 g/mol. The number of alkyl halides is 2. The Kier molecular flexibility index (Phi) is 8.12. The van der Waals surface area contributed by atoms with E-state index in [4.69, 9.17) is 10.5 Å². The zero-order valence-electron chi connectivity index (χ0n) is 20.6. The molecule has 1 aliphatic heterocycles. The maximum atomic E-state index is 15.2. The van der Waals surface area contributed by atoms with Gasteiger partial charge in [0.1, 0.15) is 11.7 Å². The summed E-state index contributed by atoms with van der Waals surface area (Å²) in [6.45, 7) is 7.66. The van der Waals surface area contributed by atoms with Crippen molar-refractivity contribution in [2.45, 2.75) is 38.7 Å². The van der Waals surface area contributed by atoms with Crippen LogP contribution >= 0.6 is 0 Å². The summed E-state index contributed by atoms with van der Waals surface area (Å²) in [5.74, 6) is -7.05. The molecule has 0 spiro atoms. The molecule has 1 heterocycles. The molecule has 0 fully saturated rings.